The van der Waals surface area contributed by atoms with Crippen molar-refractivity contribution in [2.24, 2.45) is 10.2 Å². The first-order valence-electron chi connectivity index (χ1n) is 8.11. The van der Waals surface area contributed by atoms with E-state index in [1.807, 2.05) is 38.1 Å². The van der Waals surface area contributed by atoms with Gasteiger partial charge in [-0.15, -0.1) is 5.11 Å². The Morgan fingerprint density at radius 3 is 2.40 bits per heavy atom. The van der Waals surface area contributed by atoms with Gasteiger partial charge in [-0.25, -0.2) is 14.4 Å². The molecule has 0 fully saturated rings. The van der Waals surface area contributed by atoms with Gasteiger partial charge in [0.25, 0.3) is 0 Å². The summed E-state index contributed by atoms with van der Waals surface area (Å²) >= 11 is 0. The summed E-state index contributed by atoms with van der Waals surface area (Å²) < 4.78 is 14.0. The van der Waals surface area contributed by atoms with Crippen molar-refractivity contribution < 1.29 is 4.39 Å². The lowest BCUT2D eigenvalue weighted by atomic mass is 10.1. The summed E-state index contributed by atoms with van der Waals surface area (Å²) in [6.45, 7) is 5.77. The maximum atomic E-state index is 14.0. The Balaban J connectivity index is 1.88. The van der Waals surface area contributed by atoms with Gasteiger partial charge in [0.2, 0.25) is 0 Å². The van der Waals surface area contributed by atoms with Crippen LogP contribution in [0.5, 0.6) is 0 Å². The Bertz CT molecular complexity index is 904. The predicted molar refractivity (Wildman–Crippen MR) is 96.3 cm³/mol. The molecule has 0 N–H and O–H groups in total. The SMILES string of the molecule is Cc1ccc(C(C)N=Nc2cc(-c3ccccc3F)nc(C)n2)cc1. The van der Waals surface area contributed by atoms with Crippen LogP contribution in [-0.4, -0.2) is 9.97 Å². The second-order valence-corrected chi connectivity index (χ2v) is 5.94. The van der Waals surface area contributed by atoms with Gasteiger partial charge in [0.1, 0.15) is 11.6 Å². The minimum absolute atomic E-state index is 0.0900. The summed E-state index contributed by atoms with van der Waals surface area (Å²) in [5.41, 5.74) is 3.21. The Morgan fingerprint density at radius 1 is 0.960 bits per heavy atom. The smallest absolute Gasteiger partial charge is 0.177 e. The summed E-state index contributed by atoms with van der Waals surface area (Å²) in [5.74, 6) is 0.624. The molecule has 25 heavy (non-hydrogen) atoms. The lowest BCUT2D eigenvalue weighted by Crippen LogP contribution is -1.93. The second kappa shape index (κ2) is 7.30. The molecule has 0 aliphatic rings. The molecule has 2 aromatic carbocycles. The van der Waals surface area contributed by atoms with Gasteiger partial charge in [-0.1, -0.05) is 42.0 Å². The third-order valence-corrected chi connectivity index (χ3v) is 3.87. The quantitative estimate of drug-likeness (QED) is 0.571. The maximum absolute atomic E-state index is 14.0. The fraction of sp³-hybridized carbons (Fsp3) is 0.200. The van der Waals surface area contributed by atoms with Crippen molar-refractivity contribution in [2.75, 3.05) is 0 Å². The minimum Gasteiger partial charge on any atom is -0.233 e. The fourth-order valence-electron chi connectivity index (χ4n) is 2.47. The van der Waals surface area contributed by atoms with Gasteiger partial charge in [0.15, 0.2) is 5.82 Å². The van der Waals surface area contributed by atoms with Gasteiger partial charge < -0.3 is 0 Å². The zero-order valence-corrected chi connectivity index (χ0v) is 14.4. The highest BCUT2D eigenvalue weighted by molar-refractivity contribution is 5.62. The van der Waals surface area contributed by atoms with Crippen LogP contribution in [0.3, 0.4) is 0 Å². The molecule has 0 aliphatic carbocycles. The van der Waals surface area contributed by atoms with Gasteiger partial charge >= 0.3 is 0 Å². The molecule has 0 aliphatic heterocycles. The van der Waals surface area contributed by atoms with Crippen molar-refractivity contribution in [1.82, 2.24) is 9.97 Å². The van der Waals surface area contributed by atoms with Crippen molar-refractivity contribution in [1.29, 1.82) is 0 Å². The molecule has 1 unspecified atom stereocenters. The summed E-state index contributed by atoms with van der Waals surface area (Å²) in [7, 11) is 0. The summed E-state index contributed by atoms with van der Waals surface area (Å²) in [6.07, 6.45) is 0. The van der Waals surface area contributed by atoms with E-state index in [-0.39, 0.29) is 11.9 Å². The standard InChI is InChI=1S/C20H19FN4/c1-13-8-10-16(11-9-13)14(2)24-25-20-12-19(22-15(3)23-20)17-6-4-5-7-18(17)21/h4-12,14H,1-3H3. The molecule has 4 nitrogen and oxygen atoms in total. The number of aromatic nitrogens is 2. The normalized spacial score (nSPS) is 12.5. The van der Waals surface area contributed by atoms with Crippen LogP contribution in [0.15, 0.2) is 64.8 Å². The number of azo groups is 1. The number of halogens is 1. The summed E-state index contributed by atoms with van der Waals surface area (Å²) in [4.78, 5) is 8.58. The average molecular weight is 334 g/mol. The molecular formula is C20H19FN4. The van der Waals surface area contributed by atoms with Crippen LogP contribution < -0.4 is 0 Å². The van der Waals surface area contributed by atoms with Crippen molar-refractivity contribution in [3.8, 4) is 11.3 Å². The van der Waals surface area contributed by atoms with Gasteiger partial charge in [0.05, 0.1) is 11.7 Å². The maximum Gasteiger partial charge on any atom is 0.177 e. The molecule has 3 aromatic rings. The molecule has 126 valence electrons. The van der Waals surface area contributed by atoms with Gasteiger partial charge in [0, 0.05) is 11.6 Å². The topological polar surface area (TPSA) is 50.5 Å². The third kappa shape index (κ3) is 4.12. The Labute approximate surface area is 146 Å². The van der Waals surface area contributed by atoms with Gasteiger partial charge in [-0.3, -0.25) is 0 Å². The fourth-order valence-corrected chi connectivity index (χ4v) is 2.47. The highest BCUT2D eigenvalue weighted by atomic mass is 19.1. The first-order valence-corrected chi connectivity index (χ1v) is 8.11. The number of aryl methyl sites for hydroxylation is 2. The van der Waals surface area contributed by atoms with E-state index in [1.54, 1.807) is 31.2 Å². The predicted octanol–water partition coefficient (Wildman–Crippen LogP) is 5.74. The third-order valence-electron chi connectivity index (χ3n) is 3.87. The molecule has 0 spiro atoms. The molecule has 1 heterocycles. The lowest BCUT2D eigenvalue weighted by Gasteiger charge is -2.07. The van der Waals surface area contributed by atoms with Crippen LogP contribution in [0.1, 0.15) is 29.9 Å². The number of rotatable bonds is 4. The highest BCUT2D eigenvalue weighted by Gasteiger charge is 2.09. The van der Waals surface area contributed by atoms with E-state index in [9.17, 15) is 4.39 Å². The van der Waals surface area contributed by atoms with Crippen molar-refractivity contribution >= 4 is 5.82 Å². The molecule has 0 bridgehead atoms. The molecule has 5 heteroatoms. The van der Waals surface area contributed by atoms with Crippen molar-refractivity contribution in [3.05, 3.63) is 77.4 Å². The minimum atomic E-state index is -0.323. The Hall–Kier alpha value is -2.95. The van der Waals surface area contributed by atoms with E-state index in [1.165, 1.54) is 11.6 Å². The Morgan fingerprint density at radius 2 is 1.68 bits per heavy atom. The van der Waals surface area contributed by atoms with Crippen LogP contribution in [0.25, 0.3) is 11.3 Å². The van der Waals surface area contributed by atoms with Crippen molar-refractivity contribution in [2.45, 2.75) is 26.8 Å². The van der Waals surface area contributed by atoms with E-state index in [0.717, 1.165) is 5.56 Å². The largest absolute Gasteiger partial charge is 0.233 e. The monoisotopic (exact) mass is 334 g/mol. The second-order valence-electron chi connectivity index (χ2n) is 5.94. The van der Waals surface area contributed by atoms with E-state index in [4.69, 9.17) is 0 Å². The number of nitrogens with zero attached hydrogens (tertiary/aromatic N) is 4. The summed E-state index contributed by atoms with van der Waals surface area (Å²) in [5, 5.41) is 8.57. The highest BCUT2D eigenvalue weighted by Crippen LogP contribution is 2.25. The van der Waals surface area contributed by atoms with Crippen LogP contribution in [-0.2, 0) is 0 Å². The Kier molecular flexibility index (Phi) is 4.93. The summed E-state index contributed by atoms with van der Waals surface area (Å²) in [6, 6.07) is 16.3. The van der Waals surface area contributed by atoms with Crippen LogP contribution >= 0.6 is 0 Å². The number of benzene rings is 2. The van der Waals surface area contributed by atoms with Crippen LogP contribution in [0.2, 0.25) is 0 Å². The lowest BCUT2D eigenvalue weighted by molar-refractivity contribution is 0.630. The van der Waals surface area contributed by atoms with Gasteiger partial charge in [-0.05, 0) is 38.5 Å². The molecule has 1 aromatic heterocycles. The van der Waals surface area contributed by atoms with Crippen molar-refractivity contribution in [3.63, 3.8) is 0 Å². The molecule has 0 saturated carbocycles. The van der Waals surface area contributed by atoms with E-state index in [0.29, 0.717) is 22.9 Å². The molecule has 0 amide bonds. The zero-order chi connectivity index (χ0) is 17.8. The zero-order valence-electron chi connectivity index (χ0n) is 14.4. The molecular weight excluding hydrogens is 315 g/mol. The first kappa shape index (κ1) is 16.9. The number of hydrogen-bond acceptors (Lipinski definition) is 4. The molecule has 1 atom stereocenters. The first-order chi connectivity index (χ1) is 12.0. The number of hydrogen-bond donors (Lipinski definition) is 0. The van der Waals surface area contributed by atoms with E-state index >= 15 is 0 Å². The van der Waals surface area contributed by atoms with Crippen LogP contribution in [0, 0.1) is 19.7 Å². The average Bonchev–Trinajstić information content (AvgIpc) is 2.60. The molecule has 0 saturated heterocycles. The van der Waals surface area contributed by atoms with Gasteiger partial charge in [-0.2, -0.15) is 5.11 Å². The molecule has 0 radical (unpaired) electrons. The van der Waals surface area contributed by atoms with Crippen LogP contribution in [0.4, 0.5) is 10.2 Å². The molecule has 3 rings (SSSR count). The van der Waals surface area contributed by atoms with E-state index in [2.05, 4.69) is 20.2 Å². The van der Waals surface area contributed by atoms with E-state index < -0.39 is 0 Å².